The van der Waals surface area contributed by atoms with Crippen LogP contribution in [0.25, 0.3) is 0 Å². The van der Waals surface area contributed by atoms with Crippen molar-refractivity contribution in [3.05, 3.63) is 0 Å². The van der Waals surface area contributed by atoms with Gasteiger partial charge < -0.3 is 10.0 Å². The van der Waals surface area contributed by atoms with Crippen LogP contribution in [0.3, 0.4) is 0 Å². The molecule has 0 aromatic carbocycles. The van der Waals surface area contributed by atoms with Gasteiger partial charge in [0.05, 0.1) is 11.8 Å². The van der Waals surface area contributed by atoms with Crippen molar-refractivity contribution in [2.45, 2.75) is 70.9 Å². The summed E-state index contributed by atoms with van der Waals surface area (Å²) in [6.07, 6.45) is 7.35. The zero-order valence-corrected chi connectivity index (χ0v) is 13.1. The van der Waals surface area contributed by atoms with E-state index in [4.69, 9.17) is 0 Å². The Morgan fingerprint density at radius 3 is 1.81 bits per heavy atom. The number of fused-ring (bicyclic) bond motifs is 3. The summed E-state index contributed by atoms with van der Waals surface area (Å²) in [6.45, 7) is 4.23. The molecule has 4 heteroatoms. The van der Waals surface area contributed by atoms with Crippen LogP contribution in [0.2, 0.25) is 0 Å². The molecule has 4 atom stereocenters. The Labute approximate surface area is 126 Å². The molecule has 4 rings (SSSR count). The molecule has 0 radical (unpaired) electrons. The van der Waals surface area contributed by atoms with Crippen LogP contribution in [0.5, 0.6) is 0 Å². The van der Waals surface area contributed by atoms with Crippen molar-refractivity contribution in [2.24, 2.45) is 23.7 Å². The topological polar surface area (TPSA) is 57.6 Å². The molecular formula is C17H27NO3. The number of carboxylic acid groups (broad SMARTS) is 1. The van der Waals surface area contributed by atoms with Gasteiger partial charge in [-0.05, 0) is 70.6 Å². The number of aliphatic carboxylic acids is 1. The number of carbonyl (C=O) groups excluding carboxylic acids is 1. The average molecular weight is 293 g/mol. The summed E-state index contributed by atoms with van der Waals surface area (Å²) in [4.78, 5) is 26.9. The molecule has 4 nitrogen and oxygen atoms in total. The second-order valence-electron chi connectivity index (χ2n) is 7.44. The fourth-order valence-corrected chi connectivity index (χ4v) is 5.19. The number of hydrogen-bond acceptors (Lipinski definition) is 2. The fraction of sp³-hybridized carbons (Fsp3) is 0.882. The first-order valence-corrected chi connectivity index (χ1v) is 8.55. The van der Waals surface area contributed by atoms with E-state index in [9.17, 15) is 14.7 Å². The first kappa shape index (κ1) is 14.9. The van der Waals surface area contributed by atoms with Gasteiger partial charge in [0.25, 0.3) is 0 Å². The molecule has 1 saturated heterocycles. The molecular weight excluding hydrogens is 266 g/mol. The van der Waals surface area contributed by atoms with Crippen LogP contribution in [-0.4, -0.2) is 34.0 Å². The first-order chi connectivity index (χ1) is 10.0. The maximum Gasteiger partial charge on any atom is 0.307 e. The summed E-state index contributed by atoms with van der Waals surface area (Å²) in [6, 6.07) is 0.521. The lowest BCUT2D eigenvalue weighted by molar-refractivity contribution is -0.165. The Morgan fingerprint density at radius 1 is 0.857 bits per heavy atom. The highest BCUT2D eigenvalue weighted by Gasteiger charge is 2.52. The lowest BCUT2D eigenvalue weighted by Gasteiger charge is -2.49. The van der Waals surface area contributed by atoms with Crippen LogP contribution in [-0.2, 0) is 9.59 Å². The van der Waals surface area contributed by atoms with E-state index >= 15 is 0 Å². The van der Waals surface area contributed by atoms with Crippen molar-refractivity contribution in [3.8, 4) is 0 Å². The first-order valence-electron chi connectivity index (χ1n) is 8.55. The number of carbonyl (C=O) groups is 2. The zero-order valence-electron chi connectivity index (χ0n) is 13.1. The minimum Gasteiger partial charge on any atom is -0.481 e. The highest BCUT2D eigenvalue weighted by molar-refractivity contribution is 5.86. The van der Waals surface area contributed by atoms with Gasteiger partial charge in [0.2, 0.25) is 5.91 Å². The number of piperidine rings is 1. The molecule has 1 amide bonds. The Hall–Kier alpha value is -1.06. The van der Waals surface area contributed by atoms with Crippen molar-refractivity contribution < 1.29 is 14.7 Å². The van der Waals surface area contributed by atoms with E-state index in [0.29, 0.717) is 5.92 Å². The molecule has 0 spiro atoms. The minimum atomic E-state index is -0.750. The highest BCUT2D eigenvalue weighted by atomic mass is 16.4. The molecule has 0 aromatic heterocycles. The summed E-state index contributed by atoms with van der Waals surface area (Å²) in [7, 11) is 0. The number of likely N-dealkylation sites (tertiary alicyclic amines) is 1. The van der Waals surface area contributed by atoms with E-state index in [2.05, 4.69) is 13.8 Å². The number of amides is 1. The van der Waals surface area contributed by atoms with Gasteiger partial charge in [-0.25, -0.2) is 0 Å². The maximum atomic E-state index is 13.1. The van der Waals surface area contributed by atoms with Gasteiger partial charge in [-0.1, -0.05) is 0 Å². The van der Waals surface area contributed by atoms with Gasteiger partial charge in [0, 0.05) is 12.1 Å². The van der Waals surface area contributed by atoms with Crippen LogP contribution in [0.4, 0.5) is 0 Å². The van der Waals surface area contributed by atoms with Crippen molar-refractivity contribution in [3.63, 3.8) is 0 Å². The van der Waals surface area contributed by atoms with Gasteiger partial charge in [0.1, 0.15) is 0 Å². The highest BCUT2D eigenvalue weighted by Crippen LogP contribution is 2.50. The number of rotatable bonds is 2. The van der Waals surface area contributed by atoms with Crippen molar-refractivity contribution in [2.75, 3.05) is 0 Å². The minimum absolute atomic E-state index is 0.136. The largest absolute Gasteiger partial charge is 0.481 e. The monoisotopic (exact) mass is 293 g/mol. The second kappa shape index (κ2) is 5.62. The summed E-state index contributed by atoms with van der Waals surface area (Å²) in [5, 5.41) is 9.64. The number of carboxylic acids is 1. The molecule has 4 aliphatic rings. The smallest absolute Gasteiger partial charge is 0.307 e. The Balaban J connectivity index is 1.86. The predicted molar refractivity (Wildman–Crippen MR) is 79.7 cm³/mol. The second-order valence-corrected chi connectivity index (χ2v) is 7.44. The Kier molecular flexibility index (Phi) is 3.98. The Bertz CT molecular complexity index is 418. The van der Waals surface area contributed by atoms with Crippen molar-refractivity contribution >= 4 is 11.9 Å². The van der Waals surface area contributed by atoms with E-state index in [1.54, 1.807) is 0 Å². The van der Waals surface area contributed by atoms with Gasteiger partial charge in [-0.3, -0.25) is 9.59 Å². The van der Waals surface area contributed by atoms with Crippen LogP contribution >= 0.6 is 0 Å². The summed E-state index contributed by atoms with van der Waals surface area (Å²) in [5.74, 6) is -0.803. The SMILES string of the molecule is C[C@@H]1CCC[C@H](C)N1C(=O)[C@@H]1C2CCC(CC2)[C@@H]1C(=O)O. The van der Waals surface area contributed by atoms with Crippen LogP contribution < -0.4 is 0 Å². The van der Waals surface area contributed by atoms with Crippen molar-refractivity contribution in [1.82, 2.24) is 4.90 Å². The lowest BCUT2D eigenvalue weighted by Crippen LogP contribution is -2.56. The van der Waals surface area contributed by atoms with E-state index < -0.39 is 11.9 Å². The van der Waals surface area contributed by atoms with Crippen LogP contribution in [0.1, 0.15) is 58.8 Å². The molecule has 1 heterocycles. The van der Waals surface area contributed by atoms with Crippen LogP contribution in [0.15, 0.2) is 0 Å². The van der Waals surface area contributed by atoms with E-state index in [1.165, 1.54) is 6.42 Å². The van der Waals surface area contributed by atoms with Gasteiger partial charge in [-0.15, -0.1) is 0 Å². The summed E-state index contributed by atoms with van der Waals surface area (Å²) < 4.78 is 0. The predicted octanol–water partition coefficient (Wildman–Crippen LogP) is 2.91. The third kappa shape index (κ3) is 2.47. The van der Waals surface area contributed by atoms with Gasteiger partial charge >= 0.3 is 5.97 Å². The number of hydrogen-bond donors (Lipinski definition) is 1. The molecule has 2 bridgehead atoms. The molecule has 1 N–H and O–H groups in total. The average Bonchev–Trinajstić information content (AvgIpc) is 2.47. The Morgan fingerprint density at radius 2 is 1.33 bits per heavy atom. The molecule has 0 unspecified atom stereocenters. The molecule has 21 heavy (non-hydrogen) atoms. The van der Waals surface area contributed by atoms with Crippen molar-refractivity contribution in [1.29, 1.82) is 0 Å². The molecule has 118 valence electrons. The van der Waals surface area contributed by atoms with E-state index in [0.717, 1.165) is 38.5 Å². The quantitative estimate of drug-likeness (QED) is 0.851. The standard InChI is InChI=1S/C17H27NO3/c1-10-4-3-5-11(2)18(10)16(19)14-12-6-8-13(9-7-12)15(14)17(20)21/h10-15H,3-9H2,1-2H3,(H,20,21)/t10-,11+,12?,13?,14-,15+/m1/s1. The molecule has 3 saturated carbocycles. The van der Waals surface area contributed by atoms with E-state index in [1.807, 2.05) is 4.90 Å². The van der Waals surface area contributed by atoms with Gasteiger partial charge in [-0.2, -0.15) is 0 Å². The zero-order chi connectivity index (χ0) is 15.1. The fourth-order valence-electron chi connectivity index (χ4n) is 5.19. The molecule has 3 aliphatic carbocycles. The normalized spacial score (nSPS) is 42.9. The third-order valence-corrected chi connectivity index (χ3v) is 6.24. The number of nitrogens with zero attached hydrogens (tertiary/aromatic N) is 1. The molecule has 1 aliphatic heterocycles. The van der Waals surface area contributed by atoms with Gasteiger partial charge in [0.15, 0.2) is 0 Å². The van der Waals surface area contributed by atoms with Crippen LogP contribution in [0, 0.1) is 23.7 Å². The summed E-state index contributed by atoms with van der Waals surface area (Å²) in [5.41, 5.74) is 0. The van der Waals surface area contributed by atoms with E-state index in [-0.39, 0.29) is 29.8 Å². The summed E-state index contributed by atoms with van der Waals surface area (Å²) >= 11 is 0. The maximum absolute atomic E-state index is 13.1. The molecule has 4 fully saturated rings. The third-order valence-electron chi connectivity index (χ3n) is 6.24. The lowest BCUT2D eigenvalue weighted by atomic mass is 9.58. The molecule has 0 aromatic rings.